The monoisotopic (exact) mass is 611 g/mol. The van der Waals surface area contributed by atoms with Crippen LogP contribution in [0.15, 0.2) is 66.9 Å². The quantitative estimate of drug-likeness (QED) is 0.245. The molecule has 3 heterocycles. The van der Waals surface area contributed by atoms with Crippen LogP contribution in [0, 0.1) is 13.8 Å². The molecule has 0 amide bonds. The lowest BCUT2D eigenvalue weighted by Gasteiger charge is -2.29. The summed E-state index contributed by atoms with van der Waals surface area (Å²) >= 11 is 12.3. The Morgan fingerprint density at radius 1 is 1.02 bits per heavy atom. The number of pyridine rings is 1. The zero-order chi connectivity index (χ0) is 29.5. The number of sulfonamides is 1. The lowest BCUT2D eigenvalue weighted by Crippen LogP contribution is -2.29. The molecule has 0 radical (unpaired) electrons. The van der Waals surface area contributed by atoms with Crippen LogP contribution in [0.25, 0.3) is 5.69 Å². The molecule has 9 nitrogen and oxygen atoms in total. The van der Waals surface area contributed by atoms with E-state index in [1.54, 1.807) is 31.5 Å². The van der Waals surface area contributed by atoms with Gasteiger partial charge in [-0.2, -0.15) is 0 Å². The zero-order valence-electron chi connectivity index (χ0n) is 23.2. The van der Waals surface area contributed by atoms with Crippen molar-refractivity contribution in [3.05, 3.63) is 94.5 Å². The number of aryl methyl sites for hydroxylation is 1. The molecule has 1 saturated heterocycles. The molecular formula is C29H30ClN5O4S2. The van der Waals surface area contributed by atoms with E-state index in [1.807, 2.05) is 48.2 Å². The van der Waals surface area contributed by atoms with Crippen LogP contribution in [0.3, 0.4) is 0 Å². The summed E-state index contributed by atoms with van der Waals surface area (Å²) in [6.07, 6.45) is 2.85. The number of benzene rings is 2. The fourth-order valence-corrected chi connectivity index (χ4v) is 6.44. The number of nitrogens with one attached hydrogen (secondary N) is 2. The van der Waals surface area contributed by atoms with Crippen molar-refractivity contribution in [3.8, 4) is 17.2 Å². The largest absolute Gasteiger partial charge is 0.495 e. The number of hydrogen-bond acceptors (Lipinski definition) is 6. The molecule has 5 rings (SSSR count). The van der Waals surface area contributed by atoms with Crippen molar-refractivity contribution < 1.29 is 17.9 Å². The number of halogens is 1. The first kappa shape index (κ1) is 28.7. The first-order valence-corrected chi connectivity index (χ1v) is 15.4. The minimum Gasteiger partial charge on any atom is -0.495 e. The van der Waals surface area contributed by atoms with Crippen molar-refractivity contribution in [2.75, 3.05) is 30.1 Å². The fraction of sp³-hybridized carbons (Fsp3) is 0.241. The van der Waals surface area contributed by atoms with Crippen molar-refractivity contribution in [1.82, 2.24) is 14.9 Å². The Balaban J connectivity index is 1.69. The molecule has 214 valence electrons. The summed E-state index contributed by atoms with van der Waals surface area (Å²) in [5.74, 6) is 1.06. The molecule has 1 aliphatic rings. The third kappa shape index (κ3) is 5.57. The lowest BCUT2D eigenvalue weighted by molar-refractivity contribution is 0.412. The van der Waals surface area contributed by atoms with Gasteiger partial charge in [0.1, 0.15) is 11.5 Å². The number of aromatic nitrogens is 2. The highest BCUT2D eigenvalue weighted by Crippen LogP contribution is 2.45. The van der Waals surface area contributed by atoms with Gasteiger partial charge in [0.15, 0.2) is 5.11 Å². The smallest absolute Gasteiger partial charge is 0.229 e. The summed E-state index contributed by atoms with van der Waals surface area (Å²) in [6, 6.07) is 18.1. The van der Waals surface area contributed by atoms with Crippen LogP contribution >= 0.6 is 23.8 Å². The lowest BCUT2D eigenvalue weighted by atomic mass is 9.96. The van der Waals surface area contributed by atoms with E-state index in [1.165, 1.54) is 7.11 Å². The number of nitrogens with zero attached hydrogens (tertiary/aromatic N) is 3. The van der Waals surface area contributed by atoms with Crippen molar-refractivity contribution in [2.45, 2.75) is 25.9 Å². The van der Waals surface area contributed by atoms with E-state index in [-0.39, 0.29) is 12.1 Å². The highest BCUT2D eigenvalue weighted by Gasteiger charge is 2.42. The number of hydrogen-bond donors (Lipinski definition) is 2. The Morgan fingerprint density at radius 3 is 2.44 bits per heavy atom. The standard InChI is InChI=1S/C29H30ClN5O4S2/c1-17-14-21(18(2)34(17)24-15-19(30)9-12-25(24)38-3)28-27(23-8-6-7-13-31-23)32-29(40)35(28)20-10-11-22(26(16-20)39-4)33-41(5,36)37/h6-16,27-28,33H,1-5H3,(H,32,40). The molecule has 1 fully saturated rings. The van der Waals surface area contributed by atoms with Gasteiger partial charge in [0.25, 0.3) is 0 Å². The Bertz CT molecular complexity index is 1730. The second kappa shape index (κ2) is 11.2. The summed E-state index contributed by atoms with van der Waals surface area (Å²) in [7, 11) is -0.378. The zero-order valence-corrected chi connectivity index (χ0v) is 25.6. The van der Waals surface area contributed by atoms with Crippen molar-refractivity contribution in [3.63, 3.8) is 0 Å². The van der Waals surface area contributed by atoms with Gasteiger partial charge in [-0.05, 0) is 80.2 Å². The maximum Gasteiger partial charge on any atom is 0.229 e. The third-order valence-electron chi connectivity index (χ3n) is 7.03. The van der Waals surface area contributed by atoms with Gasteiger partial charge in [0.2, 0.25) is 10.0 Å². The Hall–Kier alpha value is -3.80. The molecule has 2 atom stereocenters. The fourth-order valence-electron chi connectivity index (χ4n) is 5.36. The normalized spacial score (nSPS) is 16.9. The second-order valence-corrected chi connectivity index (χ2v) is 12.3. The van der Waals surface area contributed by atoms with Gasteiger partial charge >= 0.3 is 0 Å². The van der Waals surface area contributed by atoms with Gasteiger partial charge in [-0.3, -0.25) is 9.71 Å². The SMILES string of the molecule is COc1cc(N2C(=S)NC(c3ccccn3)C2c2cc(C)n(-c3cc(Cl)ccc3OC)c2C)ccc1NS(C)(=O)=O. The van der Waals surface area contributed by atoms with Crippen LogP contribution in [0.1, 0.15) is 34.7 Å². The van der Waals surface area contributed by atoms with Gasteiger partial charge < -0.3 is 24.3 Å². The van der Waals surface area contributed by atoms with Gasteiger partial charge in [-0.15, -0.1) is 0 Å². The first-order valence-electron chi connectivity index (χ1n) is 12.7. The number of rotatable bonds is 8. The molecule has 4 aromatic rings. The molecule has 0 aliphatic carbocycles. The maximum absolute atomic E-state index is 11.9. The van der Waals surface area contributed by atoms with Gasteiger partial charge in [0.05, 0.1) is 49.6 Å². The van der Waals surface area contributed by atoms with Crippen molar-refractivity contribution in [1.29, 1.82) is 0 Å². The minimum absolute atomic E-state index is 0.279. The molecule has 2 aromatic heterocycles. The minimum atomic E-state index is -3.51. The van der Waals surface area contributed by atoms with E-state index >= 15 is 0 Å². The summed E-state index contributed by atoms with van der Waals surface area (Å²) in [5, 5.41) is 4.57. The second-order valence-electron chi connectivity index (χ2n) is 9.73. The first-order chi connectivity index (χ1) is 19.5. The van der Waals surface area contributed by atoms with E-state index in [2.05, 4.69) is 32.6 Å². The highest BCUT2D eigenvalue weighted by molar-refractivity contribution is 7.92. The molecule has 0 saturated carbocycles. The average molecular weight is 612 g/mol. The van der Waals surface area contributed by atoms with Crippen LogP contribution in [0.4, 0.5) is 11.4 Å². The predicted molar refractivity (Wildman–Crippen MR) is 166 cm³/mol. The molecule has 0 spiro atoms. The van der Waals surface area contributed by atoms with E-state index in [4.69, 9.17) is 33.3 Å². The Labute approximate surface area is 250 Å². The summed E-state index contributed by atoms with van der Waals surface area (Å²) < 4.78 is 39.7. The molecule has 2 unspecified atom stereocenters. The van der Waals surface area contributed by atoms with Gasteiger partial charge in [-0.1, -0.05) is 17.7 Å². The van der Waals surface area contributed by atoms with Crippen molar-refractivity contribution in [2.24, 2.45) is 0 Å². The number of thiocarbonyl (C=S) groups is 1. The third-order valence-corrected chi connectivity index (χ3v) is 8.17. The number of ether oxygens (including phenoxy) is 2. The van der Waals surface area contributed by atoms with E-state index in [9.17, 15) is 8.42 Å². The number of methoxy groups -OCH3 is 2. The summed E-state index contributed by atoms with van der Waals surface area (Å²) in [4.78, 5) is 6.67. The van der Waals surface area contributed by atoms with Crippen LogP contribution in [-0.2, 0) is 10.0 Å². The molecule has 2 N–H and O–H groups in total. The Kier molecular flexibility index (Phi) is 7.87. The molecule has 12 heteroatoms. The van der Waals surface area contributed by atoms with Gasteiger partial charge in [-0.25, -0.2) is 8.42 Å². The Morgan fingerprint density at radius 2 is 1.78 bits per heavy atom. The maximum atomic E-state index is 11.9. The van der Waals surface area contributed by atoms with E-state index in [0.29, 0.717) is 27.3 Å². The molecule has 41 heavy (non-hydrogen) atoms. The topological polar surface area (TPSA) is 97.7 Å². The molecule has 0 bridgehead atoms. The van der Waals surface area contributed by atoms with Crippen molar-refractivity contribution >= 4 is 50.3 Å². The number of anilines is 2. The van der Waals surface area contributed by atoms with Crippen LogP contribution in [0.2, 0.25) is 5.02 Å². The van der Waals surface area contributed by atoms with Crippen LogP contribution in [-0.4, -0.2) is 43.6 Å². The van der Waals surface area contributed by atoms with E-state index in [0.717, 1.165) is 40.3 Å². The highest BCUT2D eigenvalue weighted by atomic mass is 35.5. The van der Waals surface area contributed by atoms with Crippen LogP contribution in [0.5, 0.6) is 11.5 Å². The van der Waals surface area contributed by atoms with Gasteiger partial charge in [0, 0.05) is 34.4 Å². The van der Waals surface area contributed by atoms with Crippen LogP contribution < -0.4 is 24.4 Å². The molecule has 1 aliphatic heterocycles. The summed E-state index contributed by atoms with van der Waals surface area (Å²) in [6.45, 7) is 4.09. The molecular weight excluding hydrogens is 582 g/mol. The molecule has 2 aromatic carbocycles. The average Bonchev–Trinajstić information content (AvgIpc) is 3.43. The van der Waals surface area contributed by atoms with E-state index < -0.39 is 10.0 Å². The summed E-state index contributed by atoms with van der Waals surface area (Å²) in [5.41, 5.74) is 5.70. The predicted octanol–water partition coefficient (Wildman–Crippen LogP) is 5.71.